The molecular weight excluding hydrogens is 278 g/mol. The van der Waals surface area contributed by atoms with Crippen LogP contribution in [0.4, 0.5) is 5.69 Å². The number of aryl methyl sites for hydroxylation is 1. The maximum Gasteiger partial charge on any atom is 0.259 e. The van der Waals surface area contributed by atoms with Crippen molar-refractivity contribution in [2.75, 3.05) is 19.0 Å². The number of carbonyl (C=O) groups is 1. The molecule has 0 aliphatic heterocycles. The van der Waals surface area contributed by atoms with Gasteiger partial charge in [-0.3, -0.25) is 4.79 Å². The Labute approximate surface area is 130 Å². The maximum absolute atomic E-state index is 11.7. The van der Waals surface area contributed by atoms with Gasteiger partial charge in [-0.15, -0.1) is 0 Å². The molecule has 2 aromatic carbocycles. The Kier molecular flexibility index (Phi) is 5.54. The molecule has 0 saturated heterocycles. The Balaban J connectivity index is 1.82. The third-order valence-corrected chi connectivity index (χ3v) is 3.08. The molecule has 1 amide bonds. The average Bonchev–Trinajstić information content (AvgIpc) is 2.54. The van der Waals surface area contributed by atoms with Gasteiger partial charge >= 0.3 is 0 Å². The van der Waals surface area contributed by atoms with Crippen LogP contribution in [0.5, 0.6) is 5.75 Å². The number of anilines is 1. The van der Waals surface area contributed by atoms with E-state index in [0.29, 0.717) is 0 Å². The van der Waals surface area contributed by atoms with E-state index in [4.69, 9.17) is 4.74 Å². The molecule has 0 radical (unpaired) electrons. The van der Waals surface area contributed by atoms with Crippen LogP contribution in [0.1, 0.15) is 11.1 Å². The van der Waals surface area contributed by atoms with Gasteiger partial charge in [-0.1, -0.05) is 30.3 Å². The molecule has 114 valence electrons. The molecule has 22 heavy (non-hydrogen) atoms. The van der Waals surface area contributed by atoms with Crippen molar-refractivity contribution < 1.29 is 9.53 Å². The van der Waals surface area contributed by atoms with Gasteiger partial charge in [0.1, 0.15) is 5.75 Å². The lowest BCUT2D eigenvalue weighted by molar-refractivity contribution is -0.119. The Morgan fingerprint density at radius 2 is 2.05 bits per heavy atom. The molecule has 0 aliphatic carbocycles. The number of amides is 1. The Morgan fingerprint density at radius 3 is 2.82 bits per heavy atom. The number of para-hydroxylation sites is 1. The molecular formula is C17H19N3O2. The fraction of sp³-hybridized carbons (Fsp3) is 0.176. The zero-order valence-electron chi connectivity index (χ0n) is 12.7. The van der Waals surface area contributed by atoms with E-state index in [9.17, 15) is 4.79 Å². The number of carbonyl (C=O) groups excluding carboxylic acids is 1. The van der Waals surface area contributed by atoms with Crippen LogP contribution in [0.25, 0.3) is 0 Å². The summed E-state index contributed by atoms with van der Waals surface area (Å²) in [7, 11) is 1.61. The van der Waals surface area contributed by atoms with E-state index in [-0.39, 0.29) is 12.5 Å². The number of nitrogens with one attached hydrogen (secondary N) is 2. The highest BCUT2D eigenvalue weighted by Gasteiger charge is 2.01. The second kappa shape index (κ2) is 7.83. The summed E-state index contributed by atoms with van der Waals surface area (Å²) in [6.45, 7) is 2.15. The Morgan fingerprint density at radius 1 is 1.23 bits per heavy atom. The molecule has 0 atom stereocenters. The molecule has 0 fully saturated rings. The molecule has 5 nitrogen and oxygen atoms in total. The van der Waals surface area contributed by atoms with E-state index < -0.39 is 0 Å². The molecule has 0 aromatic heterocycles. The van der Waals surface area contributed by atoms with Crippen LogP contribution >= 0.6 is 0 Å². The van der Waals surface area contributed by atoms with Crippen molar-refractivity contribution in [2.24, 2.45) is 5.10 Å². The van der Waals surface area contributed by atoms with E-state index in [1.54, 1.807) is 13.3 Å². The first kappa shape index (κ1) is 15.6. The number of hydrogen-bond acceptors (Lipinski definition) is 4. The zero-order chi connectivity index (χ0) is 15.8. The molecule has 0 aliphatic rings. The van der Waals surface area contributed by atoms with E-state index >= 15 is 0 Å². The van der Waals surface area contributed by atoms with E-state index in [1.165, 1.54) is 0 Å². The number of benzene rings is 2. The summed E-state index contributed by atoms with van der Waals surface area (Å²) < 4.78 is 5.12. The van der Waals surface area contributed by atoms with Gasteiger partial charge < -0.3 is 10.1 Å². The molecule has 5 heteroatoms. The first-order valence-electron chi connectivity index (χ1n) is 6.94. The van der Waals surface area contributed by atoms with Crippen molar-refractivity contribution in [2.45, 2.75) is 6.92 Å². The lowest BCUT2D eigenvalue weighted by Crippen LogP contribution is -2.26. The SMILES string of the molecule is COc1cccc(/C=N\NC(=O)CNc2ccccc2C)c1. The van der Waals surface area contributed by atoms with E-state index in [2.05, 4.69) is 15.8 Å². The van der Waals surface area contributed by atoms with Crippen LogP contribution in [-0.4, -0.2) is 25.8 Å². The summed E-state index contributed by atoms with van der Waals surface area (Å²) in [5, 5.41) is 7.01. The van der Waals surface area contributed by atoms with Crippen molar-refractivity contribution in [3.63, 3.8) is 0 Å². The Hall–Kier alpha value is -2.82. The normalized spacial score (nSPS) is 10.5. The minimum atomic E-state index is -0.206. The van der Waals surface area contributed by atoms with Gasteiger partial charge in [0.15, 0.2) is 0 Å². The highest BCUT2D eigenvalue weighted by Crippen LogP contribution is 2.12. The largest absolute Gasteiger partial charge is 0.497 e. The first-order valence-corrected chi connectivity index (χ1v) is 6.94. The van der Waals surface area contributed by atoms with E-state index in [0.717, 1.165) is 22.6 Å². The van der Waals surface area contributed by atoms with Crippen molar-refractivity contribution in [3.8, 4) is 5.75 Å². The smallest absolute Gasteiger partial charge is 0.259 e. The molecule has 0 unspecified atom stereocenters. The third-order valence-electron chi connectivity index (χ3n) is 3.08. The molecule has 0 spiro atoms. The molecule has 2 N–H and O–H groups in total. The standard InChI is InChI=1S/C17H19N3O2/c1-13-6-3-4-9-16(13)18-12-17(21)20-19-11-14-7-5-8-15(10-14)22-2/h3-11,18H,12H2,1-2H3,(H,20,21)/b19-11-. The number of hydrazone groups is 1. The summed E-state index contributed by atoms with van der Waals surface area (Å²) in [5.74, 6) is 0.541. The fourth-order valence-corrected chi connectivity index (χ4v) is 1.89. The van der Waals surface area contributed by atoms with Crippen LogP contribution in [0.2, 0.25) is 0 Å². The fourth-order valence-electron chi connectivity index (χ4n) is 1.89. The summed E-state index contributed by atoms with van der Waals surface area (Å²) in [6.07, 6.45) is 1.58. The van der Waals surface area contributed by atoms with Crippen molar-refractivity contribution in [3.05, 3.63) is 59.7 Å². The average molecular weight is 297 g/mol. The van der Waals surface area contributed by atoms with Gasteiger partial charge in [0, 0.05) is 5.69 Å². The minimum absolute atomic E-state index is 0.167. The van der Waals surface area contributed by atoms with Gasteiger partial charge in [0.2, 0.25) is 0 Å². The molecule has 2 rings (SSSR count). The van der Waals surface area contributed by atoms with E-state index in [1.807, 2.05) is 55.5 Å². The number of rotatable bonds is 6. The van der Waals surface area contributed by atoms with Crippen LogP contribution in [0, 0.1) is 6.92 Å². The topological polar surface area (TPSA) is 62.7 Å². The Bertz CT molecular complexity index is 668. The van der Waals surface area contributed by atoms with Gasteiger partial charge in [0.25, 0.3) is 5.91 Å². The number of hydrogen-bond donors (Lipinski definition) is 2. The molecule has 0 bridgehead atoms. The van der Waals surface area contributed by atoms with Crippen molar-refractivity contribution in [1.82, 2.24) is 5.43 Å². The molecule has 0 heterocycles. The quantitative estimate of drug-likeness (QED) is 0.636. The highest BCUT2D eigenvalue weighted by atomic mass is 16.5. The zero-order valence-corrected chi connectivity index (χ0v) is 12.7. The third kappa shape index (κ3) is 4.63. The number of methoxy groups -OCH3 is 1. The van der Waals surface area contributed by atoms with Crippen molar-refractivity contribution in [1.29, 1.82) is 0 Å². The summed E-state index contributed by atoms with van der Waals surface area (Å²) in [4.78, 5) is 11.7. The van der Waals surface area contributed by atoms with Crippen LogP contribution < -0.4 is 15.5 Å². The predicted molar refractivity (Wildman–Crippen MR) is 88.4 cm³/mol. The lowest BCUT2D eigenvalue weighted by Gasteiger charge is -2.07. The van der Waals surface area contributed by atoms with Crippen molar-refractivity contribution >= 4 is 17.8 Å². The maximum atomic E-state index is 11.7. The second-order valence-corrected chi connectivity index (χ2v) is 4.74. The highest BCUT2D eigenvalue weighted by molar-refractivity contribution is 5.84. The second-order valence-electron chi connectivity index (χ2n) is 4.74. The summed E-state index contributed by atoms with van der Waals surface area (Å²) in [5.41, 5.74) is 5.37. The lowest BCUT2D eigenvalue weighted by atomic mass is 10.2. The number of ether oxygens (including phenoxy) is 1. The predicted octanol–water partition coefficient (Wildman–Crippen LogP) is 2.57. The molecule has 0 saturated carbocycles. The summed E-state index contributed by atoms with van der Waals surface area (Å²) >= 11 is 0. The van der Waals surface area contributed by atoms with Gasteiger partial charge in [-0.25, -0.2) is 5.43 Å². The van der Waals surface area contributed by atoms with Crippen LogP contribution in [0.15, 0.2) is 53.6 Å². The van der Waals surface area contributed by atoms with Gasteiger partial charge in [-0.2, -0.15) is 5.10 Å². The monoisotopic (exact) mass is 297 g/mol. The first-order chi connectivity index (χ1) is 10.7. The van der Waals surface area contributed by atoms with Crippen LogP contribution in [-0.2, 0) is 4.79 Å². The van der Waals surface area contributed by atoms with Gasteiger partial charge in [-0.05, 0) is 36.2 Å². The summed E-state index contributed by atoms with van der Waals surface area (Å²) in [6, 6.07) is 15.2. The van der Waals surface area contributed by atoms with Gasteiger partial charge in [0.05, 0.1) is 19.9 Å². The van der Waals surface area contributed by atoms with Crippen LogP contribution in [0.3, 0.4) is 0 Å². The minimum Gasteiger partial charge on any atom is -0.497 e. The number of nitrogens with zero attached hydrogens (tertiary/aromatic N) is 1. The molecule has 2 aromatic rings.